The van der Waals surface area contributed by atoms with Crippen molar-refractivity contribution in [1.29, 1.82) is 5.26 Å². The zero-order valence-electron chi connectivity index (χ0n) is 12.6. The van der Waals surface area contributed by atoms with Gasteiger partial charge in [0.15, 0.2) is 9.84 Å². The monoisotopic (exact) mass is 295 g/mol. The van der Waals surface area contributed by atoms with E-state index in [4.69, 9.17) is 10.00 Å². The molecule has 0 atom stereocenters. The van der Waals surface area contributed by atoms with Crippen LogP contribution in [0.3, 0.4) is 0 Å². The van der Waals surface area contributed by atoms with Gasteiger partial charge in [-0.3, -0.25) is 0 Å². The molecule has 0 spiro atoms. The van der Waals surface area contributed by atoms with Gasteiger partial charge in [0.2, 0.25) is 0 Å². The van der Waals surface area contributed by atoms with Crippen molar-refractivity contribution in [1.82, 2.24) is 0 Å². The summed E-state index contributed by atoms with van der Waals surface area (Å²) < 4.78 is 28.8. The fourth-order valence-corrected chi connectivity index (χ4v) is 2.72. The van der Waals surface area contributed by atoms with Crippen LogP contribution >= 0.6 is 0 Å². The number of aryl methyl sites for hydroxylation is 2. The van der Waals surface area contributed by atoms with Gasteiger partial charge in [0.25, 0.3) is 0 Å². The molecule has 0 N–H and O–H groups in total. The van der Waals surface area contributed by atoms with Gasteiger partial charge in [-0.15, -0.1) is 0 Å². The van der Waals surface area contributed by atoms with E-state index in [1.54, 1.807) is 32.9 Å². The van der Waals surface area contributed by atoms with Gasteiger partial charge in [0.1, 0.15) is 12.4 Å². The summed E-state index contributed by atoms with van der Waals surface area (Å²) in [6, 6.07) is 5.56. The van der Waals surface area contributed by atoms with Crippen molar-refractivity contribution >= 4 is 9.84 Å². The van der Waals surface area contributed by atoms with E-state index in [0.717, 1.165) is 11.1 Å². The molecule has 110 valence electrons. The summed E-state index contributed by atoms with van der Waals surface area (Å²) in [6.07, 6.45) is 0. The first kappa shape index (κ1) is 16.5. The topological polar surface area (TPSA) is 67.2 Å². The minimum absolute atomic E-state index is 0.0185. The van der Waals surface area contributed by atoms with Crippen molar-refractivity contribution < 1.29 is 13.2 Å². The number of benzene rings is 1. The molecule has 5 heteroatoms. The lowest BCUT2D eigenvalue weighted by molar-refractivity contribution is 0.335. The van der Waals surface area contributed by atoms with Crippen molar-refractivity contribution in [2.24, 2.45) is 0 Å². The van der Waals surface area contributed by atoms with Crippen LogP contribution in [0.25, 0.3) is 0 Å². The maximum Gasteiger partial charge on any atom is 0.158 e. The summed E-state index contributed by atoms with van der Waals surface area (Å²) in [5.41, 5.74) is 2.26. The lowest BCUT2D eigenvalue weighted by Crippen LogP contribution is -2.32. The molecule has 1 aromatic carbocycles. The van der Waals surface area contributed by atoms with E-state index in [9.17, 15) is 8.42 Å². The minimum atomic E-state index is -3.18. The molecule has 0 unspecified atom stereocenters. The van der Waals surface area contributed by atoms with Crippen LogP contribution in [0, 0.1) is 25.2 Å². The fourth-order valence-electron chi connectivity index (χ4n) is 1.80. The van der Waals surface area contributed by atoms with Crippen molar-refractivity contribution in [2.75, 3.05) is 12.4 Å². The second-order valence-corrected chi connectivity index (χ2v) is 8.69. The predicted octanol–water partition coefficient (Wildman–Crippen LogP) is 2.77. The van der Waals surface area contributed by atoms with E-state index < -0.39 is 14.6 Å². The molecule has 0 radical (unpaired) electrons. The van der Waals surface area contributed by atoms with Crippen molar-refractivity contribution in [3.63, 3.8) is 0 Å². The van der Waals surface area contributed by atoms with Gasteiger partial charge in [-0.25, -0.2) is 8.42 Å². The highest BCUT2D eigenvalue weighted by atomic mass is 32.2. The molecule has 1 rings (SSSR count). The van der Waals surface area contributed by atoms with Gasteiger partial charge in [0.05, 0.1) is 22.1 Å². The van der Waals surface area contributed by atoms with Gasteiger partial charge >= 0.3 is 0 Å². The minimum Gasteiger partial charge on any atom is -0.492 e. The zero-order valence-corrected chi connectivity index (χ0v) is 13.5. The molecule has 0 aliphatic carbocycles. The Labute approximate surface area is 121 Å². The lowest BCUT2D eigenvalue weighted by atomic mass is 10.1. The van der Waals surface area contributed by atoms with E-state index in [-0.39, 0.29) is 12.4 Å². The maximum absolute atomic E-state index is 12.0. The van der Waals surface area contributed by atoms with Crippen LogP contribution in [0.2, 0.25) is 0 Å². The highest BCUT2D eigenvalue weighted by Gasteiger charge is 2.28. The molecule has 4 nitrogen and oxygen atoms in total. The van der Waals surface area contributed by atoms with E-state index in [0.29, 0.717) is 11.3 Å². The Kier molecular flexibility index (Phi) is 4.82. The summed E-state index contributed by atoms with van der Waals surface area (Å²) in [4.78, 5) is 0. The van der Waals surface area contributed by atoms with Crippen LogP contribution in [0.1, 0.15) is 37.5 Å². The molecule has 0 aromatic heterocycles. The van der Waals surface area contributed by atoms with E-state index in [1.807, 2.05) is 13.8 Å². The Morgan fingerprint density at radius 1 is 1.20 bits per heavy atom. The van der Waals surface area contributed by atoms with E-state index in [1.165, 1.54) is 0 Å². The molecule has 0 saturated heterocycles. The molecule has 0 fully saturated rings. The smallest absolute Gasteiger partial charge is 0.158 e. The van der Waals surface area contributed by atoms with Gasteiger partial charge in [-0.05, 0) is 57.9 Å². The summed E-state index contributed by atoms with van der Waals surface area (Å²) >= 11 is 0. The fraction of sp³-hybridized carbons (Fsp3) is 0.533. The highest BCUT2D eigenvalue weighted by Crippen LogP contribution is 2.25. The molecule has 0 saturated carbocycles. The average Bonchev–Trinajstić information content (AvgIpc) is 2.30. The number of nitrogens with zero attached hydrogens (tertiary/aromatic N) is 1. The number of hydrogen-bond donors (Lipinski definition) is 0. The van der Waals surface area contributed by atoms with Crippen molar-refractivity contribution in [2.45, 2.75) is 39.4 Å². The maximum atomic E-state index is 12.0. The third-order valence-corrected chi connectivity index (χ3v) is 5.69. The largest absolute Gasteiger partial charge is 0.492 e. The molecule has 0 aliphatic heterocycles. The summed E-state index contributed by atoms with van der Waals surface area (Å²) in [5.74, 6) is 0.642. The molecule has 0 amide bonds. The second-order valence-electron chi connectivity index (χ2n) is 5.83. The SMILES string of the molecule is Cc1cc(C#N)cc(C)c1OCCS(=O)(=O)C(C)(C)C. The van der Waals surface area contributed by atoms with Crippen molar-refractivity contribution in [3.05, 3.63) is 28.8 Å². The van der Waals surface area contributed by atoms with Gasteiger partial charge in [-0.1, -0.05) is 0 Å². The number of hydrogen-bond acceptors (Lipinski definition) is 4. The molecule has 1 aromatic rings. The highest BCUT2D eigenvalue weighted by molar-refractivity contribution is 7.92. The second kappa shape index (κ2) is 5.84. The third-order valence-electron chi connectivity index (χ3n) is 3.12. The average molecular weight is 295 g/mol. The molecule has 0 bridgehead atoms. The number of rotatable bonds is 4. The Balaban J connectivity index is 2.81. The first-order valence-electron chi connectivity index (χ1n) is 6.45. The third kappa shape index (κ3) is 3.73. The number of sulfone groups is 1. The Morgan fingerprint density at radius 3 is 2.10 bits per heavy atom. The number of ether oxygens (including phenoxy) is 1. The standard InChI is InChI=1S/C15H21NO3S/c1-11-8-13(10-16)9-12(2)14(11)19-6-7-20(17,18)15(3,4)5/h8-9H,6-7H2,1-5H3. The zero-order chi connectivity index (χ0) is 15.6. The summed E-state index contributed by atoms with van der Waals surface area (Å²) in [7, 11) is -3.18. The normalized spacial score (nSPS) is 12.0. The Bertz CT molecular complexity index is 611. The van der Waals surface area contributed by atoms with Crippen LogP contribution in [0.4, 0.5) is 0 Å². The molecule has 0 aliphatic rings. The summed E-state index contributed by atoms with van der Waals surface area (Å²) in [6.45, 7) is 8.86. The van der Waals surface area contributed by atoms with Gasteiger partial charge in [-0.2, -0.15) is 5.26 Å². The van der Waals surface area contributed by atoms with Crippen molar-refractivity contribution in [3.8, 4) is 11.8 Å². The van der Waals surface area contributed by atoms with Crippen LogP contribution < -0.4 is 4.74 Å². The summed E-state index contributed by atoms with van der Waals surface area (Å²) in [5, 5.41) is 8.88. The molecule has 20 heavy (non-hydrogen) atoms. The molecule has 0 heterocycles. The van der Waals surface area contributed by atoms with Crippen LogP contribution in [-0.2, 0) is 9.84 Å². The Hall–Kier alpha value is -1.54. The van der Waals surface area contributed by atoms with Crippen LogP contribution in [0.5, 0.6) is 5.75 Å². The quantitative estimate of drug-likeness (QED) is 0.856. The Morgan fingerprint density at radius 2 is 1.70 bits per heavy atom. The van der Waals surface area contributed by atoms with Gasteiger partial charge in [0, 0.05) is 0 Å². The first-order chi connectivity index (χ1) is 9.08. The van der Waals surface area contributed by atoms with E-state index >= 15 is 0 Å². The van der Waals surface area contributed by atoms with Crippen LogP contribution in [-0.4, -0.2) is 25.5 Å². The number of nitriles is 1. The van der Waals surface area contributed by atoms with Gasteiger partial charge < -0.3 is 4.74 Å². The lowest BCUT2D eigenvalue weighted by Gasteiger charge is -2.20. The first-order valence-corrected chi connectivity index (χ1v) is 8.10. The predicted molar refractivity (Wildman–Crippen MR) is 79.7 cm³/mol. The molecular weight excluding hydrogens is 274 g/mol. The van der Waals surface area contributed by atoms with Crippen LogP contribution in [0.15, 0.2) is 12.1 Å². The van der Waals surface area contributed by atoms with E-state index in [2.05, 4.69) is 6.07 Å². The molecular formula is C15H21NO3S.